The van der Waals surface area contributed by atoms with Crippen LogP contribution in [0.2, 0.25) is 0 Å². The van der Waals surface area contributed by atoms with Gasteiger partial charge in [0.25, 0.3) is 5.91 Å². The van der Waals surface area contributed by atoms with Crippen molar-refractivity contribution in [2.75, 3.05) is 0 Å². The molecule has 0 saturated heterocycles. The molecule has 0 fully saturated rings. The molecule has 2 N–H and O–H groups in total. The summed E-state index contributed by atoms with van der Waals surface area (Å²) in [6.45, 7) is 0. The Balaban J connectivity index is 3.12. The molecule has 0 unspecified atom stereocenters. The minimum absolute atomic E-state index is 0.281. The molecule has 2 nitrogen and oxygen atoms in total. The first-order valence-corrected chi connectivity index (χ1v) is 4.05. The quantitative estimate of drug-likeness (QED) is 0.754. The van der Waals surface area contributed by atoms with E-state index in [1.807, 2.05) is 0 Å². The van der Waals surface area contributed by atoms with Gasteiger partial charge in [0.1, 0.15) is 5.57 Å². The summed E-state index contributed by atoms with van der Waals surface area (Å²) in [4.78, 5) is 10.6. The van der Waals surface area contributed by atoms with Gasteiger partial charge in [0.2, 0.25) is 0 Å². The minimum atomic E-state index is -4.72. The molecule has 0 atom stereocenters. The summed E-state index contributed by atoms with van der Waals surface area (Å²) >= 11 is 0. The van der Waals surface area contributed by atoms with Gasteiger partial charge in [0, 0.05) is 0 Å². The molecule has 0 heterocycles. The topological polar surface area (TPSA) is 43.1 Å². The van der Waals surface area contributed by atoms with E-state index in [2.05, 4.69) is 5.73 Å². The monoisotopic (exact) mass is 215 g/mol. The van der Waals surface area contributed by atoms with E-state index in [0.717, 1.165) is 6.08 Å². The molecule has 0 aliphatic rings. The maximum atomic E-state index is 12.3. The second-order valence-electron chi connectivity index (χ2n) is 2.83. The van der Waals surface area contributed by atoms with Crippen LogP contribution in [0.1, 0.15) is 5.56 Å². The van der Waals surface area contributed by atoms with Gasteiger partial charge in [-0.1, -0.05) is 30.3 Å². The molecular weight excluding hydrogens is 207 g/mol. The Labute approximate surface area is 84.2 Å². The second kappa shape index (κ2) is 4.16. The Morgan fingerprint density at radius 2 is 1.73 bits per heavy atom. The van der Waals surface area contributed by atoms with Crippen LogP contribution in [0.3, 0.4) is 0 Å². The van der Waals surface area contributed by atoms with Crippen LogP contribution in [0, 0.1) is 0 Å². The van der Waals surface area contributed by atoms with Gasteiger partial charge in [-0.25, -0.2) is 0 Å². The summed E-state index contributed by atoms with van der Waals surface area (Å²) in [5.41, 5.74) is 3.57. The number of alkyl halides is 3. The summed E-state index contributed by atoms with van der Waals surface area (Å²) in [6, 6.07) is 7.71. The molecule has 1 amide bonds. The summed E-state index contributed by atoms with van der Waals surface area (Å²) in [6.07, 6.45) is -4.00. The van der Waals surface area contributed by atoms with E-state index in [4.69, 9.17) is 0 Å². The second-order valence-corrected chi connectivity index (χ2v) is 2.83. The SMILES string of the molecule is NC(=O)/C(=C/c1ccccc1)C(F)(F)F. The zero-order valence-corrected chi connectivity index (χ0v) is 7.58. The van der Waals surface area contributed by atoms with Crippen molar-refractivity contribution in [2.45, 2.75) is 6.18 Å². The summed E-state index contributed by atoms with van der Waals surface area (Å²) in [7, 11) is 0. The van der Waals surface area contributed by atoms with Crippen molar-refractivity contribution in [2.24, 2.45) is 5.73 Å². The number of carbonyl (C=O) groups is 1. The van der Waals surface area contributed by atoms with E-state index in [-0.39, 0.29) is 5.56 Å². The Morgan fingerprint density at radius 3 is 2.13 bits per heavy atom. The van der Waals surface area contributed by atoms with Gasteiger partial charge in [0.05, 0.1) is 0 Å². The first kappa shape index (κ1) is 11.3. The number of primary amides is 1. The third kappa shape index (κ3) is 3.12. The van der Waals surface area contributed by atoms with Crippen LogP contribution in [0.15, 0.2) is 35.9 Å². The lowest BCUT2D eigenvalue weighted by Gasteiger charge is -2.07. The molecule has 0 radical (unpaired) electrons. The number of rotatable bonds is 2. The number of nitrogens with two attached hydrogens (primary N) is 1. The highest BCUT2D eigenvalue weighted by molar-refractivity contribution is 5.97. The van der Waals surface area contributed by atoms with Gasteiger partial charge in [-0.3, -0.25) is 4.79 Å². The normalized spacial score (nSPS) is 12.6. The highest BCUT2D eigenvalue weighted by Gasteiger charge is 2.37. The largest absolute Gasteiger partial charge is 0.421 e. The number of benzene rings is 1. The van der Waals surface area contributed by atoms with Crippen molar-refractivity contribution >= 4 is 12.0 Å². The third-order valence-corrected chi connectivity index (χ3v) is 1.68. The van der Waals surface area contributed by atoms with Crippen LogP contribution in [-0.4, -0.2) is 12.1 Å². The molecule has 0 aliphatic heterocycles. The van der Waals surface area contributed by atoms with Crippen LogP contribution in [-0.2, 0) is 4.79 Å². The molecule has 0 bridgehead atoms. The van der Waals surface area contributed by atoms with Gasteiger partial charge in [-0.05, 0) is 11.6 Å². The van der Waals surface area contributed by atoms with Gasteiger partial charge in [-0.2, -0.15) is 13.2 Å². The lowest BCUT2D eigenvalue weighted by Crippen LogP contribution is -2.25. The lowest BCUT2D eigenvalue weighted by atomic mass is 10.1. The molecular formula is C10H8F3NO. The zero-order chi connectivity index (χ0) is 11.5. The Kier molecular flexibility index (Phi) is 3.14. The predicted molar refractivity (Wildman–Crippen MR) is 49.7 cm³/mol. The summed E-state index contributed by atoms with van der Waals surface area (Å²) in [5.74, 6) is -1.48. The van der Waals surface area contributed by atoms with Crippen molar-refractivity contribution in [1.82, 2.24) is 0 Å². The Morgan fingerprint density at radius 1 is 1.20 bits per heavy atom. The van der Waals surface area contributed by atoms with Crippen molar-refractivity contribution in [3.63, 3.8) is 0 Å². The van der Waals surface area contributed by atoms with Gasteiger partial charge >= 0.3 is 6.18 Å². The number of hydrogen-bond donors (Lipinski definition) is 1. The maximum absolute atomic E-state index is 12.3. The fraction of sp³-hybridized carbons (Fsp3) is 0.100. The molecule has 15 heavy (non-hydrogen) atoms. The molecule has 80 valence electrons. The van der Waals surface area contributed by atoms with Gasteiger partial charge in [-0.15, -0.1) is 0 Å². The smallest absolute Gasteiger partial charge is 0.366 e. The van der Waals surface area contributed by atoms with Crippen LogP contribution in [0.25, 0.3) is 6.08 Å². The van der Waals surface area contributed by atoms with Gasteiger partial charge in [0.15, 0.2) is 0 Å². The lowest BCUT2D eigenvalue weighted by molar-refractivity contribution is -0.127. The number of hydrogen-bond acceptors (Lipinski definition) is 1. The van der Waals surface area contributed by atoms with Crippen molar-refractivity contribution in [3.05, 3.63) is 41.5 Å². The highest BCUT2D eigenvalue weighted by Crippen LogP contribution is 2.26. The Hall–Kier alpha value is -1.78. The van der Waals surface area contributed by atoms with Crippen molar-refractivity contribution < 1.29 is 18.0 Å². The van der Waals surface area contributed by atoms with Crippen LogP contribution in [0.4, 0.5) is 13.2 Å². The fourth-order valence-electron chi connectivity index (χ4n) is 1.01. The van der Waals surface area contributed by atoms with E-state index in [1.54, 1.807) is 18.2 Å². The number of amides is 1. The van der Waals surface area contributed by atoms with Crippen LogP contribution < -0.4 is 5.73 Å². The van der Waals surface area contributed by atoms with Crippen molar-refractivity contribution in [1.29, 1.82) is 0 Å². The zero-order valence-electron chi connectivity index (χ0n) is 7.58. The van der Waals surface area contributed by atoms with Gasteiger partial charge < -0.3 is 5.73 Å². The molecule has 1 aromatic rings. The highest BCUT2D eigenvalue weighted by atomic mass is 19.4. The molecule has 5 heteroatoms. The molecule has 0 spiro atoms. The van der Waals surface area contributed by atoms with E-state index in [9.17, 15) is 18.0 Å². The van der Waals surface area contributed by atoms with E-state index in [0.29, 0.717) is 0 Å². The van der Waals surface area contributed by atoms with Crippen molar-refractivity contribution in [3.8, 4) is 0 Å². The minimum Gasteiger partial charge on any atom is -0.366 e. The average Bonchev–Trinajstić information content (AvgIpc) is 2.13. The van der Waals surface area contributed by atoms with E-state index in [1.165, 1.54) is 12.1 Å². The first-order valence-electron chi connectivity index (χ1n) is 4.05. The number of carbonyl (C=O) groups excluding carboxylic acids is 1. The third-order valence-electron chi connectivity index (χ3n) is 1.68. The molecule has 1 rings (SSSR count). The Bertz CT molecular complexity index is 381. The predicted octanol–water partition coefficient (Wildman–Crippen LogP) is 2.12. The van der Waals surface area contributed by atoms with E-state index >= 15 is 0 Å². The molecule has 1 aromatic carbocycles. The van der Waals surface area contributed by atoms with Crippen LogP contribution >= 0.6 is 0 Å². The average molecular weight is 215 g/mol. The van der Waals surface area contributed by atoms with Crippen LogP contribution in [0.5, 0.6) is 0 Å². The molecule has 0 aliphatic carbocycles. The summed E-state index contributed by atoms with van der Waals surface area (Å²) < 4.78 is 36.9. The molecule has 0 saturated carbocycles. The summed E-state index contributed by atoms with van der Waals surface area (Å²) in [5, 5.41) is 0. The maximum Gasteiger partial charge on any atom is 0.421 e. The molecule has 0 aromatic heterocycles. The first-order chi connectivity index (χ1) is 6.91. The standard InChI is InChI=1S/C10H8F3NO/c11-10(12,13)8(9(14)15)6-7-4-2-1-3-5-7/h1-6H,(H2,14,15)/b8-6-. The van der Waals surface area contributed by atoms with E-state index < -0.39 is 17.7 Å². The number of halogens is 3. The fourth-order valence-corrected chi connectivity index (χ4v) is 1.01.